The molecule has 100 valence electrons. The van der Waals surface area contributed by atoms with Gasteiger partial charge in [-0.3, -0.25) is 0 Å². The van der Waals surface area contributed by atoms with Gasteiger partial charge in [-0.05, 0) is 31.0 Å². The summed E-state index contributed by atoms with van der Waals surface area (Å²) in [4.78, 5) is -0.147. The van der Waals surface area contributed by atoms with E-state index in [1.165, 1.54) is 6.07 Å². The molecule has 0 saturated carbocycles. The van der Waals surface area contributed by atoms with Gasteiger partial charge in [-0.2, -0.15) is 0 Å². The third kappa shape index (κ3) is 3.18. The van der Waals surface area contributed by atoms with Crippen molar-refractivity contribution < 1.29 is 17.5 Å². The predicted molar refractivity (Wildman–Crippen MR) is 65.0 cm³/mol. The van der Waals surface area contributed by atoms with Crippen LogP contribution in [0, 0.1) is 5.82 Å². The SMILES string of the molecule is Nc1cc(F)cc(S(=O)(=O)NC2CCOCC2)c1. The number of nitrogen functional groups attached to an aromatic ring is 1. The van der Waals surface area contributed by atoms with Crippen molar-refractivity contribution in [1.82, 2.24) is 4.72 Å². The van der Waals surface area contributed by atoms with Crippen molar-refractivity contribution in [3.05, 3.63) is 24.0 Å². The van der Waals surface area contributed by atoms with Gasteiger partial charge in [0.2, 0.25) is 10.0 Å². The van der Waals surface area contributed by atoms with Crippen molar-refractivity contribution in [2.45, 2.75) is 23.8 Å². The van der Waals surface area contributed by atoms with E-state index in [0.29, 0.717) is 26.1 Å². The van der Waals surface area contributed by atoms with Gasteiger partial charge in [-0.25, -0.2) is 17.5 Å². The predicted octanol–water partition coefficient (Wildman–Crippen LogP) is 0.865. The van der Waals surface area contributed by atoms with Crippen LogP contribution in [-0.2, 0) is 14.8 Å². The van der Waals surface area contributed by atoms with Crippen LogP contribution >= 0.6 is 0 Å². The normalized spacial score (nSPS) is 17.8. The van der Waals surface area contributed by atoms with Crippen LogP contribution < -0.4 is 10.5 Å². The molecule has 1 aliphatic rings. The van der Waals surface area contributed by atoms with Crippen molar-refractivity contribution in [1.29, 1.82) is 0 Å². The highest BCUT2D eigenvalue weighted by molar-refractivity contribution is 7.89. The highest BCUT2D eigenvalue weighted by Crippen LogP contribution is 2.17. The lowest BCUT2D eigenvalue weighted by Crippen LogP contribution is -2.38. The van der Waals surface area contributed by atoms with Gasteiger partial charge in [-0.1, -0.05) is 0 Å². The molecule has 0 aliphatic carbocycles. The molecule has 0 spiro atoms. The third-order valence-corrected chi connectivity index (χ3v) is 4.25. The average Bonchev–Trinajstić information content (AvgIpc) is 2.28. The van der Waals surface area contributed by atoms with Gasteiger partial charge >= 0.3 is 0 Å². The molecule has 2 rings (SSSR count). The van der Waals surface area contributed by atoms with Crippen LogP contribution in [-0.4, -0.2) is 27.7 Å². The lowest BCUT2D eigenvalue weighted by Gasteiger charge is -2.23. The summed E-state index contributed by atoms with van der Waals surface area (Å²) in [7, 11) is -3.73. The van der Waals surface area contributed by atoms with Gasteiger partial charge in [-0.15, -0.1) is 0 Å². The fraction of sp³-hybridized carbons (Fsp3) is 0.455. The number of benzene rings is 1. The number of nitrogens with one attached hydrogen (secondary N) is 1. The van der Waals surface area contributed by atoms with Crippen LogP contribution in [0.5, 0.6) is 0 Å². The maximum absolute atomic E-state index is 13.1. The summed E-state index contributed by atoms with van der Waals surface area (Å²) in [6.07, 6.45) is 1.23. The highest BCUT2D eigenvalue weighted by atomic mass is 32.2. The minimum atomic E-state index is -3.73. The fourth-order valence-electron chi connectivity index (χ4n) is 1.84. The number of halogens is 1. The molecule has 18 heavy (non-hydrogen) atoms. The zero-order chi connectivity index (χ0) is 13.2. The van der Waals surface area contributed by atoms with Gasteiger partial charge in [0.1, 0.15) is 5.82 Å². The Morgan fingerprint density at radius 2 is 1.94 bits per heavy atom. The summed E-state index contributed by atoms with van der Waals surface area (Å²) < 4.78 is 44.9. The lowest BCUT2D eigenvalue weighted by atomic mass is 10.1. The molecule has 7 heteroatoms. The molecule has 0 atom stereocenters. The molecule has 1 fully saturated rings. The smallest absolute Gasteiger partial charge is 0.240 e. The topological polar surface area (TPSA) is 81.4 Å². The first-order valence-electron chi connectivity index (χ1n) is 5.63. The molecule has 0 unspecified atom stereocenters. The molecule has 1 saturated heterocycles. The number of rotatable bonds is 3. The maximum atomic E-state index is 13.1. The van der Waals surface area contributed by atoms with Gasteiger partial charge in [0, 0.05) is 24.9 Å². The second-order valence-corrected chi connectivity index (χ2v) is 5.94. The van der Waals surface area contributed by atoms with Crippen LogP contribution in [0.15, 0.2) is 23.1 Å². The number of ether oxygens (including phenoxy) is 1. The molecular weight excluding hydrogens is 259 g/mol. The Hall–Kier alpha value is -1.18. The minimum absolute atomic E-state index is 0.0855. The van der Waals surface area contributed by atoms with Crippen LogP contribution in [0.25, 0.3) is 0 Å². The lowest BCUT2D eigenvalue weighted by molar-refractivity contribution is 0.0832. The summed E-state index contributed by atoms with van der Waals surface area (Å²) >= 11 is 0. The van der Waals surface area contributed by atoms with Crippen LogP contribution in [0.2, 0.25) is 0 Å². The maximum Gasteiger partial charge on any atom is 0.240 e. The molecule has 1 aromatic rings. The Bertz CT molecular complexity index is 507. The Morgan fingerprint density at radius 3 is 2.56 bits per heavy atom. The zero-order valence-corrected chi connectivity index (χ0v) is 10.5. The van der Waals surface area contributed by atoms with E-state index in [1.54, 1.807) is 0 Å². The molecule has 3 N–H and O–H groups in total. The summed E-state index contributed by atoms with van der Waals surface area (Å²) in [5.74, 6) is -0.664. The van der Waals surface area contributed by atoms with Crippen LogP contribution in [0.1, 0.15) is 12.8 Å². The van der Waals surface area contributed by atoms with Crippen molar-refractivity contribution in [3.8, 4) is 0 Å². The second kappa shape index (κ2) is 5.21. The van der Waals surface area contributed by atoms with Gasteiger partial charge in [0.15, 0.2) is 0 Å². The number of hydrogen-bond acceptors (Lipinski definition) is 4. The van der Waals surface area contributed by atoms with Crippen molar-refractivity contribution >= 4 is 15.7 Å². The van der Waals surface area contributed by atoms with Gasteiger partial charge in [0.25, 0.3) is 0 Å². The Labute approximate surface area is 105 Å². The molecule has 0 radical (unpaired) electrons. The standard InChI is InChI=1S/C11H15FN2O3S/c12-8-5-9(13)7-11(6-8)18(15,16)14-10-1-3-17-4-2-10/h5-7,10,14H,1-4,13H2. The summed E-state index contributed by atoms with van der Waals surface area (Å²) in [6.45, 7) is 1.05. The third-order valence-electron chi connectivity index (χ3n) is 2.75. The van der Waals surface area contributed by atoms with Crippen molar-refractivity contribution in [3.63, 3.8) is 0 Å². The summed E-state index contributed by atoms with van der Waals surface area (Å²) in [6, 6.07) is 3.10. The van der Waals surface area contributed by atoms with E-state index in [1.807, 2.05) is 0 Å². The molecule has 1 aliphatic heterocycles. The quantitative estimate of drug-likeness (QED) is 0.801. The van der Waals surface area contributed by atoms with E-state index in [-0.39, 0.29) is 16.6 Å². The first-order valence-corrected chi connectivity index (χ1v) is 7.12. The van der Waals surface area contributed by atoms with E-state index in [9.17, 15) is 12.8 Å². The number of sulfonamides is 1. The van der Waals surface area contributed by atoms with Crippen LogP contribution in [0.3, 0.4) is 0 Å². The molecule has 1 aromatic carbocycles. The Kier molecular flexibility index (Phi) is 3.84. The van der Waals surface area contributed by atoms with E-state index in [4.69, 9.17) is 10.5 Å². The Balaban J connectivity index is 2.19. The van der Waals surface area contributed by atoms with E-state index >= 15 is 0 Å². The first kappa shape index (κ1) is 13.3. The minimum Gasteiger partial charge on any atom is -0.399 e. The van der Waals surface area contributed by atoms with Crippen molar-refractivity contribution in [2.24, 2.45) is 0 Å². The zero-order valence-electron chi connectivity index (χ0n) is 9.73. The number of hydrogen-bond donors (Lipinski definition) is 2. The molecular formula is C11H15FN2O3S. The van der Waals surface area contributed by atoms with Gasteiger partial charge < -0.3 is 10.5 Å². The average molecular weight is 274 g/mol. The molecule has 1 heterocycles. The van der Waals surface area contributed by atoms with E-state index in [2.05, 4.69) is 4.72 Å². The van der Waals surface area contributed by atoms with Crippen molar-refractivity contribution in [2.75, 3.05) is 18.9 Å². The highest BCUT2D eigenvalue weighted by Gasteiger charge is 2.22. The molecule has 0 amide bonds. The molecule has 5 nitrogen and oxygen atoms in total. The van der Waals surface area contributed by atoms with E-state index in [0.717, 1.165) is 12.1 Å². The fourth-order valence-corrected chi connectivity index (χ4v) is 3.21. The molecule has 0 aromatic heterocycles. The van der Waals surface area contributed by atoms with Gasteiger partial charge in [0.05, 0.1) is 4.90 Å². The monoisotopic (exact) mass is 274 g/mol. The first-order chi connectivity index (χ1) is 8.47. The largest absolute Gasteiger partial charge is 0.399 e. The number of anilines is 1. The second-order valence-electron chi connectivity index (χ2n) is 4.23. The Morgan fingerprint density at radius 1 is 1.28 bits per heavy atom. The van der Waals surface area contributed by atoms with Crippen LogP contribution in [0.4, 0.5) is 10.1 Å². The summed E-state index contributed by atoms with van der Waals surface area (Å²) in [5, 5.41) is 0. The number of nitrogens with two attached hydrogens (primary N) is 1. The molecule has 0 bridgehead atoms. The summed E-state index contributed by atoms with van der Waals surface area (Å²) in [5.41, 5.74) is 5.52. The van der Waals surface area contributed by atoms with E-state index < -0.39 is 15.8 Å².